The van der Waals surface area contributed by atoms with Crippen molar-refractivity contribution in [2.24, 2.45) is 0 Å². The molecule has 1 saturated heterocycles. The number of nitrogens with one attached hydrogen (secondary N) is 1. The van der Waals surface area contributed by atoms with Crippen molar-refractivity contribution >= 4 is 11.8 Å². The lowest BCUT2D eigenvalue weighted by molar-refractivity contribution is 0.0440. The van der Waals surface area contributed by atoms with Gasteiger partial charge in [0.2, 0.25) is 0 Å². The standard InChI is InChI=1S/C9H19NO2S/c1-11-4-2-6-13-8-9-7-10-3-5-12-9/h9-10H,2-8H2,1H3. The first kappa shape index (κ1) is 11.3. The summed E-state index contributed by atoms with van der Waals surface area (Å²) in [6.45, 7) is 3.75. The van der Waals surface area contributed by atoms with Crippen molar-refractivity contribution in [3.05, 3.63) is 0 Å². The van der Waals surface area contributed by atoms with Crippen LogP contribution in [0.1, 0.15) is 6.42 Å². The molecule has 13 heavy (non-hydrogen) atoms. The van der Waals surface area contributed by atoms with Crippen LogP contribution in [0, 0.1) is 0 Å². The fourth-order valence-electron chi connectivity index (χ4n) is 1.25. The second kappa shape index (κ2) is 7.62. The number of hydrogen-bond donors (Lipinski definition) is 1. The molecule has 0 aromatic heterocycles. The Kier molecular flexibility index (Phi) is 6.62. The second-order valence-electron chi connectivity index (χ2n) is 3.12. The van der Waals surface area contributed by atoms with E-state index in [0.29, 0.717) is 6.10 Å². The van der Waals surface area contributed by atoms with Crippen LogP contribution in [0.25, 0.3) is 0 Å². The van der Waals surface area contributed by atoms with Gasteiger partial charge in [0.25, 0.3) is 0 Å². The highest BCUT2D eigenvalue weighted by Gasteiger charge is 2.12. The van der Waals surface area contributed by atoms with Crippen molar-refractivity contribution in [3.8, 4) is 0 Å². The number of thioether (sulfide) groups is 1. The first-order chi connectivity index (χ1) is 6.43. The predicted molar refractivity (Wildman–Crippen MR) is 56.4 cm³/mol. The van der Waals surface area contributed by atoms with E-state index in [0.717, 1.165) is 38.5 Å². The summed E-state index contributed by atoms with van der Waals surface area (Å²) in [6, 6.07) is 0. The van der Waals surface area contributed by atoms with Crippen LogP contribution < -0.4 is 5.32 Å². The van der Waals surface area contributed by atoms with E-state index in [1.807, 2.05) is 11.8 Å². The molecule has 1 rings (SSSR count). The van der Waals surface area contributed by atoms with Crippen LogP contribution in [0.2, 0.25) is 0 Å². The topological polar surface area (TPSA) is 30.5 Å². The molecule has 4 heteroatoms. The lowest BCUT2D eigenvalue weighted by atomic mass is 10.3. The van der Waals surface area contributed by atoms with Crippen LogP contribution in [0.4, 0.5) is 0 Å². The van der Waals surface area contributed by atoms with Crippen molar-refractivity contribution in [1.29, 1.82) is 0 Å². The summed E-state index contributed by atoms with van der Waals surface area (Å²) in [6.07, 6.45) is 1.56. The van der Waals surface area contributed by atoms with Crippen LogP contribution in [-0.2, 0) is 9.47 Å². The van der Waals surface area contributed by atoms with Gasteiger partial charge >= 0.3 is 0 Å². The smallest absolute Gasteiger partial charge is 0.0790 e. The lowest BCUT2D eigenvalue weighted by Crippen LogP contribution is -2.39. The summed E-state index contributed by atoms with van der Waals surface area (Å²) in [5, 5.41) is 3.32. The fraction of sp³-hybridized carbons (Fsp3) is 1.00. The molecule has 0 saturated carbocycles. The third-order valence-electron chi connectivity index (χ3n) is 1.95. The van der Waals surface area contributed by atoms with Gasteiger partial charge in [0.15, 0.2) is 0 Å². The molecular formula is C9H19NO2S. The molecule has 1 atom stereocenters. The van der Waals surface area contributed by atoms with E-state index < -0.39 is 0 Å². The minimum absolute atomic E-state index is 0.418. The van der Waals surface area contributed by atoms with Gasteiger partial charge in [-0.25, -0.2) is 0 Å². The van der Waals surface area contributed by atoms with Crippen molar-refractivity contribution in [3.63, 3.8) is 0 Å². The third kappa shape index (κ3) is 5.52. The maximum atomic E-state index is 5.57. The molecule has 78 valence electrons. The summed E-state index contributed by atoms with van der Waals surface area (Å²) in [7, 11) is 1.75. The minimum atomic E-state index is 0.418. The highest BCUT2D eigenvalue weighted by Crippen LogP contribution is 2.08. The molecule has 0 bridgehead atoms. The predicted octanol–water partition coefficient (Wildman–Crippen LogP) is 0.744. The van der Waals surface area contributed by atoms with E-state index >= 15 is 0 Å². The highest BCUT2D eigenvalue weighted by molar-refractivity contribution is 7.99. The van der Waals surface area contributed by atoms with Gasteiger partial charge in [-0.3, -0.25) is 0 Å². The molecule has 1 aliphatic rings. The van der Waals surface area contributed by atoms with Gasteiger partial charge in [-0.1, -0.05) is 0 Å². The van der Waals surface area contributed by atoms with Gasteiger partial charge in [0.1, 0.15) is 0 Å². The van der Waals surface area contributed by atoms with Crippen LogP contribution in [0.3, 0.4) is 0 Å². The zero-order chi connectivity index (χ0) is 9.36. The summed E-state index contributed by atoms with van der Waals surface area (Å²) in [4.78, 5) is 0. The number of rotatable bonds is 6. The van der Waals surface area contributed by atoms with Crippen LogP contribution in [0.5, 0.6) is 0 Å². The van der Waals surface area contributed by atoms with E-state index in [9.17, 15) is 0 Å². The summed E-state index contributed by atoms with van der Waals surface area (Å²) in [5.74, 6) is 2.28. The molecule has 1 aliphatic heterocycles. The quantitative estimate of drug-likeness (QED) is 0.648. The number of ether oxygens (including phenoxy) is 2. The first-order valence-electron chi connectivity index (χ1n) is 4.82. The monoisotopic (exact) mass is 205 g/mol. The first-order valence-corrected chi connectivity index (χ1v) is 5.98. The number of methoxy groups -OCH3 is 1. The average Bonchev–Trinajstić information content (AvgIpc) is 2.19. The summed E-state index contributed by atoms with van der Waals surface area (Å²) < 4.78 is 10.5. The molecule has 1 N–H and O–H groups in total. The molecule has 0 aliphatic carbocycles. The molecule has 1 heterocycles. The zero-order valence-electron chi connectivity index (χ0n) is 8.25. The Morgan fingerprint density at radius 3 is 3.23 bits per heavy atom. The van der Waals surface area contributed by atoms with Gasteiger partial charge in [-0.15, -0.1) is 0 Å². The molecule has 1 fully saturated rings. The molecular weight excluding hydrogens is 186 g/mol. The van der Waals surface area contributed by atoms with Crippen LogP contribution >= 0.6 is 11.8 Å². The fourth-order valence-corrected chi connectivity index (χ4v) is 2.21. The van der Waals surface area contributed by atoms with Crippen molar-refractivity contribution < 1.29 is 9.47 Å². The average molecular weight is 205 g/mol. The largest absolute Gasteiger partial charge is 0.385 e. The van der Waals surface area contributed by atoms with Crippen molar-refractivity contribution in [1.82, 2.24) is 5.32 Å². The highest BCUT2D eigenvalue weighted by atomic mass is 32.2. The SMILES string of the molecule is COCCCSCC1CNCCO1. The Morgan fingerprint density at radius 2 is 2.54 bits per heavy atom. The number of hydrogen-bond acceptors (Lipinski definition) is 4. The maximum Gasteiger partial charge on any atom is 0.0790 e. The molecule has 0 spiro atoms. The van der Waals surface area contributed by atoms with Gasteiger partial charge < -0.3 is 14.8 Å². The normalized spacial score (nSPS) is 23.3. The number of morpholine rings is 1. The molecule has 1 unspecified atom stereocenters. The Hall–Kier alpha value is 0.230. The molecule has 0 radical (unpaired) electrons. The molecule has 0 aromatic rings. The van der Waals surface area contributed by atoms with E-state index in [4.69, 9.17) is 9.47 Å². The minimum Gasteiger partial charge on any atom is -0.385 e. The summed E-state index contributed by atoms with van der Waals surface area (Å²) in [5.41, 5.74) is 0. The Bertz CT molecular complexity index is 118. The van der Waals surface area contributed by atoms with E-state index in [1.54, 1.807) is 7.11 Å². The molecule has 0 amide bonds. The van der Waals surface area contributed by atoms with E-state index in [2.05, 4.69) is 5.32 Å². The van der Waals surface area contributed by atoms with Gasteiger partial charge in [-0.2, -0.15) is 11.8 Å². The van der Waals surface area contributed by atoms with Crippen molar-refractivity contribution in [2.45, 2.75) is 12.5 Å². The second-order valence-corrected chi connectivity index (χ2v) is 4.27. The van der Waals surface area contributed by atoms with Crippen LogP contribution in [0.15, 0.2) is 0 Å². The van der Waals surface area contributed by atoms with E-state index in [1.165, 1.54) is 5.75 Å². The van der Waals surface area contributed by atoms with Gasteiger partial charge in [0.05, 0.1) is 12.7 Å². The zero-order valence-corrected chi connectivity index (χ0v) is 9.07. The third-order valence-corrected chi connectivity index (χ3v) is 3.13. The van der Waals surface area contributed by atoms with Crippen molar-refractivity contribution in [2.75, 3.05) is 44.9 Å². The molecule has 0 aromatic carbocycles. The Labute approximate surface area is 84.6 Å². The Morgan fingerprint density at radius 1 is 1.62 bits per heavy atom. The van der Waals surface area contributed by atoms with Crippen LogP contribution in [-0.4, -0.2) is 51.0 Å². The summed E-state index contributed by atoms with van der Waals surface area (Å²) >= 11 is 1.95. The maximum absolute atomic E-state index is 5.57. The van der Waals surface area contributed by atoms with Gasteiger partial charge in [-0.05, 0) is 12.2 Å². The Balaban J connectivity index is 1.86. The molecule has 3 nitrogen and oxygen atoms in total. The van der Waals surface area contributed by atoms with E-state index in [-0.39, 0.29) is 0 Å². The lowest BCUT2D eigenvalue weighted by Gasteiger charge is -2.23. The van der Waals surface area contributed by atoms with Gasteiger partial charge in [0, 0.05) is 32.6 Å².